The van der Waals surface area contributed by atoms with E-state index < -0.39 is 10.8 Å². The summed E-state index contributed by atoms with van der Waals surface area (Å²) in [6, 6.07) is 11.0. The molecule has 0 aliphatic carbocycles. The van der Waals surface area contributed by atoms with E-state index >= 15 is 0 Å². The largest absolute Gasteiger partial charge is 0.451 e. The summed E-state index contributed by atoms with van der Waals surface area (Å²) in [4.78, 5) is 22.5. The number of amides is 1. The fourth-order valence-electron chi connectivity index (χ4n) is 2.16. The van der Waals surface area contributed by atoms with Gasteiger partial charge in [-0.1, -0.05) is 23.7 Å². The molecule has 6 nitrogen and oxygen atoms in total. The molecule has 0 aliphatic rings. The quantitative estimate of drug-likeness (QED) is 0.563. The highest BCUT2D eigenvalue weighted by Crippen LogP contribution is 2.28. The molecule has 1 aromatic heterocycles. The highest BCUT2D eigenvalue weighted by atomic mass is 35.5. The standard InChI is InChI=1S/C16H11ClN2O4/c1-9-2-3-10-7-15(23-14(10)6-9)16(20)18-13-8-11(19(21)22)4-5-12(13)17/h2-8H,1H3,(H,18,20). The number of carbonyl (C=O) groups is 1. The predicted molar refractivity (Wildman–Crippen MR) is 87.0 cm³/mol. The summed E-state index contributed by atoms with van der Waals surface area (Å²) in [5.74, 6) is -0.422. The van der Waals surface area contributed by atoms with Gasteiger partial charge in [-0.15, -0.1) is 0 Å². The topological polar surface area (TPSA) is 85.4 Å². The molecular formula is C16H11ClN2O4. The van der Waals surface area contributed by atoms with Gasteiger partial charge in [0.25, 0.3) is 11.6 Å². The van der Waals surface area contributed by atoms with E-state index in [2.05, 4.69) is 5.32 Å². The third kappa shape index (κ3) is 3.02. The van der Waals surface area contributed by atoms with Crippen molar-refractivity contribution < 1.29 is 14.1 Å². The smallest absolute Gasteiger partial charge is 0.291 e. The Kier molecular flexibility index (Phi) is 3.75. The Morgan fingerprint density at radius 3 is 2.74 bits per heavy atom. The lowest BCUT2D eigenvalue weighted by Crippen LogP contribution is -2.11. The number of aryl methyl sites for hydroxylation is 1. The molecule has 0 radical (unpaired) electrons. The van der Waals surface area contributed by atoms with Crippen molar-refractivity contribution in [2.24, 2.45) is 0 Å². The van der Waals surface area contributed by atoms with Crippen molar-refractivity contribution in [2.75, 3.05) is 5.32 Å². The van der Waals surface area contributed by atoms with E-state index in [1.54, 1.807) is 6.07 Å². The first-order valence-electron chi connectivity index (χ1n) is 6.69. The van der Waals surface area contributed by atoms with Gasteiger partial charge in [0.2, 0.25) is 0 Å². The number of furan rings is 1. The molecule has 0 unspecified atom stereocenters. The van der Waals surface area contributed by atoms with Crippen molar-refractivity contribution in [3.05, 3.63) is 68.9 Å². The summed E-state index contributed by atoms with van der Waals surface area (Å²) in [5.41, 5.74) is 1.60. The first-order chi connectivity index (χ1) is 10.9. The van der Waals surface area contributed by atoms with Crippen LogP contribution in [-0.2, 0) is 0 Å². The number of nitro benzene ring substituents is 1. The third-order valence-electron chi connectivity index (χ3n) is 3.31. The normalized spacial score (nSPS) is 10.7. The lowest BCUT2D eigenvalue weighted by atomic mass is 10.2. The van der Waals surface area contributed by atoms with E-state index in [1.807, 2.05) is 25.1 Å². The maximum Gasteiger partial charge on any atom is 0.291 e. The molecule has 1 amide bonds. The van der Waals surface area contributed by atoms with Gasteiger partial charge in [0.1, 0.15) is 5.58 Å². The second-order valence-corrected chi connectivity index (χ2v) is 5.43. The van der Waals surface area contributed by atoms with Crippen LogP contribution in [0.25, 0.3) is 11.0 Å². The fraction of sp³-hybridized carbons (Fsp3) is 0.0625. The molecule has 0 atom stereocenters. The number of nitro groups is 1. The van der Waals surface area contributed by atoms with E-state index in [4.69, 9.17) is 16.0 Å². The molecule has 23 heavy (non-hydrogen) atoms. The first-order valence-corrected chi connectivity index (χ1v) is 7.07. The number of non-ortho nitro benzene ring substituents is 1. The number of nitrogens with one attached hydrogen (secondary N) is 1. The van der Waals surface area contributed by atoms with Crippen LogP contribution < -0.4 is 5.32 Å². The van der Waals surface area contributed by atoms with E-state index in [-0.39, 0.29) is 22.2 Å². The lowest BCUT2D eigenvalue weighted by Gasteiger charge is -2.05. The molecule has 0 bridgehead atoms. The van der Waals surface area contributed by atoms with Crippen LogP contribution in [0, 0.1) is 17.0 Å². The second kappa shape index (κ2) is 5.73. The Morgan fingerprint density at radius 2 is 2.00 bits per heavy atom. The molecule has 0 saturated carbocycles. The lowest BCUT2D eigenvalue weighted by molar-refractivity contribution is -0.384. The Labute approximate surface area is 135 Å². The summed E-state index contributed by atoms with van der Waals surface area (Å²) in [6.45, 7) is 1.92. The molecule has 3 aromatic rings. The van der Waals surface area contributed by atoms with Crippen LogP contribution in [0.1, 0.15) is 16.1 Å². The fourth-order valence-corrected chi connectivity index (χ4v) is 2.32. The summed E-state index contributed by atoms with van der Waals surface area (Å²) < 4.78 is 5.51. The van der Waals surface area contributed by atoms with Gasteiger partial charge >= 0.3 is 0 Å². The van der Waals surface area contributed by atoms with Gasteiger partial charge in [0, 0.05) is 17.5 Å². The van der Waals surface area contributed by atoms with Crippen molar-refractivity contribution in [2.45, 2.75) is 6.92 Å². The Balaban J connectivity index is 1.91. The number of nitrogens with zero attached hydrogens (tertiary/aromatic N) is 1. The Bertz CT molecular complexity index is 933. The maximum absolute atomic E-state index is 12.3. The third-order valence-corrected chi connectivity index (χ3v) is 3.64. The van der Waals surface area contributed by atoms with Crippen molar-refractivity contribution in [3.8, 4) is 0 Å². The zero-order chi connectivity index (χ0) is 16.6. The van der Waals surface area contributed by atoms with Crippen LogP contribution in [0.2, 0.25) is 5.02 Å². The molecule has 0 spiro atoms. The molecule has 1 heterocycles. The van der Waals surface area contributed by atoms with Gasteiger partial charge in [-0.3, -0.25) is 14.9 Å². The number of carbonyl (C=O) groups excluding carboxylic acids is 1. The molecule has 0 saturated heterocycles. The molecule has 1 N–H and O–H groups in total. The number of fused-ring (bicyclic) bond motifs is 1. The van der Waals surface area contributed by atoms with Crippen molar-refractivity contribution in [1.29, 1.82) is 0 Å². The highest BCUT2D eigenvalue weighted by Gasteiger charge is 2.16. The molecular weight excluding hydrogens is 320 g/mol. The van der Waals surface area contributed by atoms with Crippen LogP contribution in [0.15, 0.2) is 46.9 Å². The number of benzene rings is 2. The monoisotopic (exact) mass is 330 g/mol. The van der Waals surface area contributed by atoms with Gasteiger partial charge in [0.15, 0.2) is 5.76 Å². The van der Waals surface area contributed by atoms with Gasteiger partial charge < -0.3 is 9.73 Å². The van der Waals surface area contributed by atoms with Crippen molar-refractivity contribution >= 4 is 39.9 Å². The van der Waals surface area contributed by atoms with Gasteiger partial charge in [0.05, 0.1) is 15.6 Å². The minimum atomic E-state index is -0.560. The Morgan fingerprint density at radius 1 is 1.22 bits per heavy atom. The van der Waals surface area contributed by atoms with Gasteiger partial charge in [-0.05, 0) is 30.7 Å². The predicted octanol–water partition coefficient (Wildman–Crippen LogP) is 4.56. The summed E-state index contributed by atoms with van der Waals surface area (Å²) in [5, 5.41) is 14.3. The molecule has 7 heteroatoms. The minimum Gasteiger partial charge on any atom is -0.451 e. The summed E-state index contributed by atoms with van der Waals surface area (Å²) >= 11 is 5.96. The maximum atomic E-state index is 12.3. The van der Waals surface area contributed by atoms with E-state index in [0.29, 0.717) is 5.58 Å². The van der Waals surface area contributed by atoms with Crippen LogP contribution in [0.3, 0.4) is 0 Å². The molecule has 0 aliphatic heterocycles. The highest BCUT2D eigenvalue weighted by molar-refractivity contribution is 6.34. The van der Waals surface area contributed by atoms with Crippen molar-refractivity contribution in [3.63, 3.8) is 0 Å². The van der Waals surface area contributed by atoms with Crippen LogP contribution >= 0.6 is 11.6 Å². The molecule has 0 fully saturated rings. The average molecular weight is 331 g/mol. The number of halogens is 1. The van der Waals surface area contributed by atoms with Crippen LogP contribution in [0.5, 0.6) is 0 Å². The number of anilines is 1. The average Bonchev–Trinajstić information content (AvgIpc) is 2.92. The zero-order valence-corrected chi connectivity index (χ0v) is 12.8. The summed E-state index contributed by atoms with van der Waals surface area (Å²) in [6.07, 6.45) is 0. The van der Waals surface area contributed by atoms with E-state index in [1.165, 1.54) is 18.2 Å². The summed E-state index contributed by atoms with van der Waals surface area (Å²) in [7, 11) is 0. The SMILES string of the molecule is Cc1ccc2cc(C(=O)Nc3cc([N+](=O)[O-])ccc3Cl)oc2c1. The minimum absolute atomic E-state index is 0.105. The zero-order valence-electron chi connectivity index (χ0n) is 12.0. The molecule has 116 valence electrons. The number of rotatable bonds is 3. The van der Waals surface area contributed by atoms with Crippen LogP contribution in [-0.4, -0.2) is 10.8 Å². The van der Waals surface area contributed by atoms with Crippen LogP contribution in [0.4, 0.5) is 11.4 Å². The van der Waals surface area contributed by atoms with Gasteiger partial charge in [-0.25, -0.2) is 0 Å². The molecule has 3 rings (SSSR count). The van der Waals surface area contributed by atoms with E-state index in [0.717, 1.165) is 10.9 Å². The van der Waals surface area contributed by atoms with E-state index in [9.17, 15) is 14.9 Å². The number of hydrogen-bond donors (Lipinski definition) is 1. The number of hydrogen-bond acceptors (Lipinski definition) is 4. The van der Waals surface area contributed by atoms with Crippen molar-refractivity contribution in [1.82, 2.24) is 0 Å². The molecule has 2 aromatic carbocycles. The van der Waals surface area contributed by atoms with Gasteiger partial charge in [-0.2, -0.15) is 0 Å². The second-order valence-electron chi connectivity index (χ2n) is 5.03. The first kappa shape index (κ1) is 15.1. The Hall–Kier alpha value is -2.86.